The molecular weight excluding hydrogens is 224 g/mol. The maximum atomic E-state index is 11.5. The van der Waals surface area contributed by atoms with Gasteiger partial charge in [-0.3, -0.25) is 9.59 Å². The van der Waals surface area contributed by atoms with E-state index in [-0.39, 0.29) is 0 Å². The van der Waals surface area contributed by atoms with Crippen LogP contribution in [0.1, 0.15) is 5.56 Å². The highest BCUT2D eigenvalue weighted by atomic mass is 32.1. The van der Waals surface area contributed by atoms with Crippen LogP contribution in [-0.4, -0.2) is 18.7 Å². The van der Waals surface area contributed by atoms with Crippen LogP contribution in [0.15, 0.2) is 22.9 Å². The molecule has 16 heavy (non-hydrogen) atoms. The lowest BCUT2D eigenvalue weighted by molar-refractivity contribution is -0.129. The van der Waals surface area contributed by atoms with Gasteiger partial charge >= 0.3 is 0 Å². The maximum absolute atomic E-state index is 11.5. The third-order valence-corrected chi connectivity index (χ3v) is 2.61. The van der Waals surface area contributed by atoms with Crippen molar-refractivity contribution in [3.05, 3.63) is 28.5 Å². The smallest absolute Gasteiger partial charge is 0.245 e. The first-order chi connectivity index (χ1) is 7.69. The van der Waals surface area contributed by atoms with Crippen molar-refractivity contribution in [2.45, 2.75) is 0 Å². The van der Waals surface area contributed by atoms with E-state index in [0.29, 0.717) is 0 Å². The number of nitriles is 1. The number of ketones is 1. The van der Waals surface area contributed by atoms with Gasteiger partial charge in [0.05, 0.1) is 6.07 Å². The topological polar surface area (TPSA) is 70.0 Å². The fourth-order valence-corrected chi connectivity index (χ4v) is 1.67. The molecular formula is C11H10N2O2S. The average Bonchev–Trinajstić information content (AvgIpc) is 2.79. The average molecular weight is 234 g/mol. The minimum absolute atomic E-state index is 0.506. The van der Waals surface area contributed by atoms with Crippen LogP contribution in [-0.2, 0) is 9.59 Å². The minimum atomic E-state index is -1.26. The molecule has 0 spiro atoms. The summed E-state index contributed by atoms with van der Waals surface area (Å²) in [4.78, 5) is 22.7. The first-order valence-corrected chi connectivity index (χ1v) is 5.48. The summed E-state index contributed by atoms with van der Waals surface area (Å²) in [6.07, 6.45) is 2.84. The molecule has 1 atom stereocenters. The van der Waals surface area contributed by atoms with Gasteiger partial charge in [0, 0.05) is 7.05 Å². The molecule has 5 heteroatoms. The van der Waals surface area contributed by atoms with Crippen LogP contribution in [0.4, 0.5) is 0 Å². The van der Waals surface area contributed by atoms with Crippen molar-refractivity contribution in [1.82, 2.24) is 5.32 Å². The zero-order valence-corrected chi connectivity index (χ0v) is 9.45. The Bertz CT molecular complexity index is 443. The van der Waals surface area contributed by atoms with Crippen LogP contribution < -0.4 is 5.32 Å². The van der Waals surface area contributed by atoms with Gasteiger partial charge in [-0.25, -0.2) is 0 Å². The molecule has 0 aliphatic rings. The molecule has 4 nitrogen and oxygen atoms in total. The van der Waals surface area contributed by atoms with Crippen LogP contribution in [0.5, 0.6) is 0 Å². The highest BCUT2D eigenvalue weighted by Crippen LogP contribution is 2.08. The maximum Gasteiger partial charge on any atom is 0.245 e. The predicted octanol–water partition coefficient (Wildman–Crippen LogP) is 1.22. The van der Waals surface area contributed by atoms with Crippen molar-refractivity contribution in [3.8, 4) is 6.07 Å². The van der Waals surface area contributed by atoms with E-state index >= 15 is 0 Å². The van der Waals surface area contributed by atoms with Crippen LogP contribution in [0, 0.1) is 17.2 Å². The number of thiophene rings is 1. The van der Waals surface area contributed by atoms with Gasteiger partial charge in [-0.15, -0.1) is 0 Å². The van der Waals surface area contributed by atoms with E-state index in [1.807, 2.05) is 16.8 Å². The summed E-state index contributed by atoms with van der Waals surface area (Å²) in [6, 6.07) is 3.52. The van der Waals surface area contributed by atoms with Crippen molar-refractivity contribution in [3.63, 3.8) is 0 Å². The number of hydrogen-bond acceptors (Lipinski definition) is 4. The molecule has 0 bridgehead atoms. The van der Waals surface area contributed by atoms with Gasteiger partial charge in [-0.2, -0.15) is 16.6 Å². The number of nitrogens with one attached hydrogen (secondary N) is 1. The van der Waals surface area contributed by atoms with Crippen LogP contribution in [0.2, 0.25) is 0 Å². The van der Waals surface area contributed by atoms with Gasteiger partial charge in [0.1, 0.15) is 0 Å². The molecule has 1 rings (SSSR count). The summed E-state index contributed by atoms with van der Waals surface area (Å²) in [5.41, 5.74) is 0.881. The lowest BCUT2D eigenvalue weighted by Gasteiger charge is -2.02. The summed E-state index contributed by atoms with van der Waals surface area (Å²) in [7, 11) is 1.39. The Labute approximate surface area is 97.2 Å². The lowest BCUT2D eigenvalue weighted by atomic mass is 10.0. The molecule has 82 valence electrons. The number of hydrogen-bond donors (Lipinski definition) is 1. The Morgan fingerprint density at radius 1 is 1.62 bits per heavy atom. The van der Waals surface area contributed by atoms with Crippen LogP contribution in [0.25, 0.3) is 6.08 Å². The summed E-state index contributed by atoms with van der Waals surface area (Å²) < 4.78 is 0. The zero-order valence-electron chi connectivity index (χ0n) is 8.64. The molecule has 1 heterocycles. The molecule has 1 aromatic rings. The van der Waals surface area contributed by atoms with E-state index < -0.39 is 17.6 Å². The van der Waals surface area contributed by atoms with Crippen LogP contribution >= 0.6 is 11.3 Å². The van der Waals surface area contributed by atoms with Crippen molar-refractivity contribution >= 4 is 29.1 Å². The summed E-state index contributed by atoms with van der Waals surface area (Å²) in [6.45, 7) is 0. The van der Waals surface area contributed by atoms with Crippen molar-refractivity contribution in [2.24, 2.45) is 5.92 Å². The fraction of sp³-hybridized carbons (Fsp3) is 0.182. The molecule has 1 unspecified atom stereocenters. The third kappa shape index (κ3) is 3.04. The summed E-state index contributed by atoms with van der Waals surface area (Å²) in [5.74, 6) is -2.35. The number of amides is 1. The van der Waals surface area contributed by atoms with Crippen molar-refractivity contribution in [1.29, 1.82) is 5.26 Å². The zero-order chi connectivity index (χ0) is 12.0. The number of carbonyl (C=O) groups is 2. The second-order valence-electron chi connectivity index (χ2n) is 2.97. The Morgan fingerprint density at radius 3 is 2.88 bits per heavy atom. The molecule has 0 aliphatic carbocycles. The molecule has 0 radical (unpaired) electrons. The lowest BCUT2D eigenvalue weighted by Crippen LogP contribution is -2.31. The Morgan fingerprint density at radius 2 is 2.38 bits per heavy atom. The standard InChI is InChI=1S/C11H10N2O2S/c1-13-11(15)9(6-12)10(14)3-2-8-4-5-16-7-8/h2-5,7,9H,1H3,(H,13,15)/b3-2+. The quantitative estimate of drug-likeness (QED) is 0.629. The molecule has 0 fully saturated rings. The molecule has 0 saturated carbocycles. The second kappa shape index (κ2) is 5.83. The number of nitrogens with zero attached hydrogens (tertiary/aromatic N) is 1. The largest absolute Gasteiger partial charge is 0.358 e. The Balaban J connectivity index is 2.71. The first-order valence-electron chi connectivity index (χ1n) is 4.54. The monoisotopic (exact) mass is 234 g/mol. The Hall–Kier alpha value is -1.93. The molecule has 0 aliphatic heterocycles. The highest BCUT2D eigenvalue weighted by Gasteiger charge is 2.22. The normalized spacial score (nSPS) is 12.0. The Kier molecular flexibility index (Phi) is 4.42. The predicted molar refractivity (Wildman–Crippen MR) is 61.5 cm³/mol. The molecule has 1 aromatic heterocycles. The summed E-state index contributed by atoms with van der Waals surface area (Å²) >= 11 is 1.51. The van der Waals surface area contributed by atoms with Crippen LogP contribution in [0.3, 0.4) is 0 Å². The first kappa shape index (κ1) is 12.1. The molecule has 1 N–H and O–H groups in total. The van der Waals surface area contributed by atoms with Crippen molar-refractivity contribution in [2.75, 3.05) is 7.05 Å². The van der Waals surface area contributed by atoms with Gasteiger partial charge in [0.2, 0.25) is 5.91 Å². The number of allylic oxidation sites excluding steroid dienone is 1. The van der Waals surface area contributed by atoms with Gasteiger partial charge in [0.15, 0.2) is 11.7 Å². The third-order valence-electron chi connectivity index (χ3n) is 1.91. The SMILES string of the molecule is CNC(=O)C(C#N)C(=O)/C=C/c1ccsc1. The summed E-state index contributed by atoms with van der Waals surface area (Å²) in [5, 5.41) is 14.7. The van der Waals surface area contributed by atoms with E-state index in [1.165, 1.54) is 24.5 Å². The highest BCUT2D eigenvalue weighted by molar-refractivity contribution is 7.08. The van der Waals surface area contributed by atoms with Gasteiger partial charge in [-0.05, 0) is 28.5 Å². The minimum Gasteiger partial charge on any atom is -0.358 e. The molecule has 0 aromatic carbocycles. The van der Waals surface area contributed by atoms with E-state index in [1.54, 1.807) is 12.1 Å². The van der Waals surface area contributed by atoms with E-state index in [2.05, 4.69) is 5.32 Å². The fourth-order valence-electron chi connectivity index (χ4n) is 1.04. The van der Waals surface area contributed by atoms with Crippen molar-refractivity contribution < 1.29 is 9.59 Å². The second-order valence-corrected chi connectivity index (χ2v) is 3.75. The molecule has 0 saturated heterocycles. The van der Waals surface area contributed by atoms with Gasteiger partial charge < -0.3 is 5.32 Å². The van der Waals surface area contributed by atoms with Gasteiger partial charge in [0.25, 0.3) is 0 Å². The number of carbonyl (C=O) groups excluding carboxylic acids is 2. The van der Waals surface area contributed by atoms with Gasteiger partial charge in [-0.1, -0.05) is 6.08 Å². The van der Waals surface area contributed by atoms with E-state index in [9.17, 15) is 9.59 Å². The van der Waals surface area contributed by atoms with E-state index in [0.717, 1.165) is 5.56 Å². The van der Waals surface area contributed by atoms with E-state index in [4.69, 9.17) is 5.26 Å². The number of rotatable bonds is 4. The molecule has 1 amide bonds.